The maximum absolute atomic E-state index is 11.0. The van der Waals surface area contributed by atoms with Crippen molar-refractivity contribution in [3.05, 3.63) is 0 Å². The molecule has 0 aromatic heterocycles. The number of likely N-dealkylation sites (tertiary alicyclic amines) is 1. The standard InChI is InChI=1S/C15H26N2O/c1-17-11-9-15(18,10-12-17)14(13-16)7-5-3-2-4-6-8-14/h18H,2-12H2,1H3. The van der Waals surface area contributed by atoms with E-state index < -0.39 is 11.0 Å². The molecule has 0 aromatic carbocycles. The lowest BCUT2D eigenvalue weighted by atomic mass is 9.62. The summed E-state index contributed by atoms with van der Waals surface area (Å²) in [6.07, 6.45) is 9.25. The van der Waals surface area contributed by atoms with Crippen LogP contribution in [0.2, 0.25) is 0 Å². The Hall–Kier alpha value is -0.590. The van der Waals surface area contributed by atoms with Crippen LogP contribution in [-0.4, -0.2) is 35.7 Å². The number of hydrogen-bond acceptors (Lipinski definition) is 3. The van der Waals surface area contributed by atoms with Gasteiger partial charge in [-0.1, -0.05) is 32.1 Å². The normalized spacial score (nSPS) is 28.9. The summed E-state index contributed by atoms with van der Waals surface area (Å²) in [7, 11) is 2.09. The van der Waals surface area contributed by atoms with Crippen molar-refractivity contribution < 1.29 is 5.11 Å². The van der Waals surface area contributed by atoms with E-state index in [1.54, 1.807) is 0 Å². The van der Waals surface area contributed by atoms with E-state index in [2.05, 4.69) is 18.0 Å². The van der Waals surface area contributed by atoms with Gasteiger partial charge in [-0.25, -0.2) is 0 Å². The molecule has 2 rings (SSSR count). The SMILES string of the molecule is CN1CCC(O)(C2(C#N)CCCCCCC2)CC1. The predicted octanol–water partition coefficient (Wildman–Crippen LogP) is 2.70. The molecule has 1 saturated heterocycles. The number of nitrogens with zero attached hydrogens (tertiary/aromatic N) is 2. The van der Waals surface area contributed by atoms with Crippen molar-refractivity contribution in [1.82, 2.24) is 4.90 Å². The first-order valence-corrected chi connectivity index (χ1v) is 7.44. The van der Waals surface area contributed by atoms with Gasteiger partial charge in [-0.05, 0) is 32.7 Å². The summed E-state index contributed by atoms with van der Waals surface area (Å²) in [4.78, 5) is 2.25. The minimum absolute atomic E-state index is 0.477. The summed E-state index contributed by atoms with van der Waals surface area (Å²) in [5, 5.41) is 20.8. The number of rotatable bonds is 1. The second kappa shape index (κ2) is 5.59. The van der Waals surface area contributed by atoms with Gasteiger partial charge in [0.05, 0.1) is 17.1 Å². The average molecular weight is 250 g/mol. The van der Waals surface area contributed by atoms with E-state index in [0.717, 1.165) is 51.6 Å². The lowest BCUT2D eigenvalue weighted by molar-refractivity contribution is -0.103. The van der Waals surface area contributed by atoms with E-state index in [1.807, 2.05) is 0 Å². The van der Waals surface area contributed by atoms with E-state index in [1.165, 1.54) is 19.3 Å². The first kappa shape index (κ1) is 13.8. The van der Waals surface area contributed by atoms with Gasteiger partial charge in [0.1, 0.15) is 0 Å². The van der Waals surface area contributed by atoms with Crippen LogP contribution in [0.4, 0.5) is 0 Å². The molecule has 0 amide bonds. The van der Waals surface area contributed by atoms with Crippen molar-refractivity contribution >= 4 is 0 Å². The largest absolute Gasteiger partial charge is 0.388 e. The molecule has 2 fully saturated rings. The summed E-state index contributed by atoms with van der Waals surface area (Å²) in [6.45, 7) is 1.83. The van der Waals surface area contributed by atoms with Crippen LogP contribution in [-0.2, 0) is 0 Å². The Morgan fingerprint density at radius 2 is 1.44 bits per heavy atom. The average Bonchev–Trinajstić information content (AvgIpc) is 2.33. The zero-order valence-corrected chi connectivity index (χ0v) is 11.6. The molecule has 0 radical (unpaired) electrons. The third-order valence-electron chi connectivity index (χ3n) is 5.13. The van der Waals surface area contributed by atoms with Gasteiger partial charge < -0.3 is 10.0 Å². The van der Waals surface area contributed by atoms with Gasteiger partial charge in [0.25, 0.3) is 0 Å². The Kier molecular flexibility index (Phi) is 4.29. The number of hydrogen-bond donors (Lipinski definition) is 1. The van der Waals surface area contributed by atoms with Crippen LogP contribution in [0.5, 0.6) is 0 Å². The fourth-order valence-corrected chi connectivity index (χ4v) is 3.66. The van der Waals surface area contributed by atoms with E-state index in [-0.39, 0.29) is 0 Å². The molecule has 1 aliphatic heterocycles. The number of piperidine rings is 1. The van der Waals surface area contributed by atoms with Crippen molar-refractivity contribution in [2.45, 2.75) is 63.4 Å². The van der Waals surface area contributed by atoms with Crippen LogP contribution in [0.15, 0.2) is 0 Å². The molecule has 1 aliphatic carbocycles. The molecule has 102 valence electrons. The van der Waals surface area contributed by atoms with Gasteiger partial charge in [0.15, 0.2) is 0 Å². The minimum Gasteiger partial charge on any atom is -0.388 e. The molecule has 0 bridgehead atoms. The highest BCUT2D eigenvalue weighted by atomic mass is 16.3. The summed E-state index contributed by atoms with van der Waals surface area (Å²) in [5.41, 5.74) is -1.22. The third-order valence-corrected chi connectivity index (χ3v) is 5.13. The summed E-state index contributed by atoms with van der Waals surface area (Å²) in [6, 6.07) is 2.54. The van der Waals surface area contributed by atoms with Crippen molar-refractivity contribution in [3.8, 4) is 6.07 Å². The van der Waals surface area contributed by atoms with Gasteiger partial charge in [-0.15, -0.1) is 0 Å². The second-order valence-electron chi connectivity index (χ2n) is 6.30. The molecule has 18 heavy (non-hydrogen) atoms. The Morgan fingerprint density at radius 1 is 0.944 bits per heavy atom. The van der Waals surface area contributed by atoms with Crippen LogP contribution in [0, 0.1) is 16.7 Å². The highest BCUT2D eigenvalue weighted by Gasteiger charge is 2.50. The fraction of sp³-hybridized carbons (Fsp3) is 0.933. The molecule has 3 heteroatoms. The first-order chi connectivity index (χ1) is 8.62. The highest BCUT2D eigenvalue weighted by molar-refractivity contribution is 5.13. The predicted molar refractivity (Wildman–Crippen MR) is 72.0 cm³/mol. The highest BCUT2D eigenvalue weighted by Crippen LogP contribution is 2.47. The van der Waals surface area contributed by atoms with Crippen molar-refractivity contribution in [2.24, 2.45) is 5.41 Å². The van der Waals surface area contributed by atoms with Crippen molar-refractivity contribution in [3.63, 3.8) is 0 Å². The van der Waals surface area contributed by atoms with Crippen LogP contribution in [0.1, 0.15) is 57.8 Å². The van der Waals surface area contributed by atoms with E-state index in [4.69, 9.17) is 0 Å². The molecule has 1 saturated carbocycles. The quantitative estimate of drug-likeness (QED) is 0.778. The van der Waals surface area contributed by atoms with Crippen LogP contribution >= 0.6 is 0 Å². The molecule has 0 unspecified atom stereocenters. The molecule has 0 spiro atoms. The topological polar surface area (TPSA) is 47.3 Å². The zero-order valence-electron chi connectivity index (χ0n) is 11.6. The third kappa shape index (κ3) is 2.55. The molecular formula is C15H26N2O. The summed E-state index contributed by atoms with van der Waals surface area (Å²) in [5.74, 6) is 0. The van der Waals surface area contributed by atoms with Gasteiger partial charge >= 0.3 is 0 Å². The molecule has 3 nitrogen and oxygen atoms in total. The van der Waals surface area contributed by atoms with Crippen LogP contribution in [0.3, 0.4) is 0 Å². The molecular weight excluding hydrogens is 224 g/mol. The number of nitriles is 1. The molecule has 1 N–H and O–H groups in total. The van der Waals surface area contributed by atoms with E-state index in [0.29, 0.717) is 0 Å². The Bertz CT molecular complexity index is 305. The summed E-state index contributed by atoms with van der Waals surface area (Å²) < 4.78 is 0. The molecule has 2 aliphatic rings. The second-order valence-corrected chi connectivity index (χ2v) is 6.30. The summed E-state index contributed by atoms with van der Waals surface area (Å²) >= 11 is 0. The van der Waals surface area contributed by atoms with E-state index >= 15 is 0 Å². The Balaban J connectivity index is 2.16. The van der Waals surface area contributed by atoms with Gasteiger partial charge in [-0.2, -0.15) is 5.26 Å². The minimum atomic E-state index is -0.744. The van der Waals surface area contributed by atoms with Gasteiger partial charge in [0.2, 0.25) is 0 Å². The monoisotopic (exact) mass is 250 g/mol. The van der Waals surface area contributed by atoms with Crippen LogP contribution in [0.25, 0.3) is 0 Å². The van der Waals surface area contributed by atoms with Gasteiger partial charge in [-0.3, -0.25) is 0 Å². The zero-order chi connectivity index (χ0) is 13.1. The fourth-order valence-electron chi connectivity index (χ4n) is 3.66. The molecule has 1 heterocycles. The molecule has 0 aromatic rings. The van der Waals surface area contributed by atoms with E-state index in [9.17, 15) is 10.4 Å². The maximum atomic E-state index is 11.0. The lowest BCUT2D eigenvalue weighted by Crippen LogP contribution is -2.54. The Labute approximate surface area is 111 Å². The van der Waals surface area contributed by atoms with Crippen molar-refractivity contribution in [2.75, 3.05) is 20.1 Å². The number of aliphatic hydroxyl groups is 1. The van der Waals surface area contributed by atoms with Crippen molar-refractivity contribution in [1.29, 1.82) is 5.26 Å². The van der Waals surface area contributed by atoms with Crippen LogP contribution < -0.4 is 0 Å². The Morgan fingerprint density at radius 3 is 1.94 bits per heavy atom. The first-order valence-electron chi connectivity index (χ1n) is 7.44. The van der Waals surface area contributed by atoms with Gasteiger partial charge in [0, 0.05) is 13.1 Å². The molecule has 0 atom stereocenters. The lowest BCUT2D eigenvalue weighted by Gasteiger charge is -2.47. The smallest absolute Gasteiger partial charge is 0.0861 e. The maximum Gasteiger partial charge on any atom is 0.0861 e.